The quantitative estimate of drug-likeness (QED) is 0.422. The summed E-state index contributed by atoms with van der Waals surface area (Å²) in [6.07, 6.45) is 1.18. The van der Waals surface area contributed by atoms with Crippen molar-refractivity contribution in [2.75, 3.05) is 17.2 Å². The SMILES string of the molecule is O=C(Nc1nnc(SCc2ccccc2)s1)c1cccc(NC(=O)[C@H]2CCCO2)c1. The number of aromatic nitrogens is 2. The van der Waals surface area contributed by atoms with Crippen LogP contribution >= 0.6 is 23.1 Å². The number of thioether (sulfide) groups is 1. The average molecular weight is 441 g/mol. The van der Waals surface area contributed by atoms with Gasteiger partial charge in [0.2, 0.25) is 5.13 Å². The van der Waals surface area contributed by atoms with Gasteiger partial charge >= 0.3 is 0 Å². The minimum atomic E-state index is -0.421. The van der Waals surface area contributed by atoms with Crippen molar-refractivity contribution < 1.29 is 14.3 Å². The number of hydrogen-bond donors (Lipinski definition) is 2. The minimum absolute atomic E-state index is 0.186. The van der Waals surface area contributed by atoms with Crippen molar-refractivity contribution in [2.45, 2.75) is 29.0 Å². The van der Waals surface area contributed by atoms with Crippen molar-refractivity contribution in [1.29, 1.82) is 0 Å². The lowest BCUT2D eigenvalue weighted by Gasteiger charge is -2.11. The van der Waals surface area contributed by atoms with Gasteiger partial charge in [-0.15, -0.1) is 10.2 Å². The first kappa shape index (κ1) is 20.5. The van der Waals surface area contributed by atoms with Gasteiger partial charge in [-0.1, -0.05) is 59.5 Å². The molecule has 2 heterocycles. The third kappa shape index (κ3) is 5.44. The molecule has 1 fully saturated rings. The number of carbonyl (C=O) groups is 2. The molecule has 1 aromatic heterocycles. The first-order valence-corrected chi connectivity index (χ1v) is 11.3. The number of carbonyl (C=O) groups excluding carboxylic acids is 2. The number of anilines is 2. The van der Waals surface area contributed by atoms with Crippen LogP contribution < -0.4 is 10.6 Å². The van der Waals surface area contributed by atoms with Crippen LogP contribution in [0.15, 0.2) is 58.9 Å². The largest absolute Gasteiger partial charge is 0.368 e. The van der Waals surface area contributed by atoms with Crippen molar-refractivity contribution in [3.8, 4) is 0 Å². The summed E-state index contributed by atoms with van der Waals surface area (Å²) >= 11 is 2.90. The van der Waals surface area contributed by atoms with E-state index in [0.717, 1.165) is 16.5 Å². The summed E-state index contributed by atoms with van der Waals surface area (Å²) in [5, 5.41) is 14.2. The zero-order valence-corrected chi connectivity index (χ0v) is 17.7. The number of nitrogens with zero attached hydrogens (tertiary/aromatic N) is 2. The van der Waals surface area contributed by atoms with Crippen molar-refractivity contribution in [3.63, 3.8) is 0 Å². The van der Waals surface area contributed by atoms with E-state index in [-0.39, 0.29) is 11.8 Å². The number of ether oxygens (including phenoxy) is 1. The number of benzene rings is 2. The molecule has 0 saturated carbocycles. The van der Waals surface area contributed by atoms with Crippen molar-refractivity contribution in [1.82, 2.24) is 10.2 Å². The minimum Gasteiger partial charge on any atom is -0.368 e. The Morgan fingerprint density at radius 2 is 1.97 bits per heavy atom. The fraction of sp³-hybridized carbons (Fsp3) is 0.238. The molecular weight excluding hydrogens is 420 g/mol. The number of hydrogen-bond acceptors (Lipinski definition) is 7. The third-order valence-corrected chi connectivity index (χ3v) is 6.49. The molecule has 3 aromatic rings. The van der Waals surface area contributed by atoms with E-state index in [9.17, 15) is 9.59 Å². The highest BCUT2D eigenvalue weighted by molar-refractivity contribution is 8.00. The Hall–Kier alpha value is -2.75. The topological polar surface area (TPSA) is 93.2 Å². The maximum absolute atomic E-state index is 12.6. The second-order valence-electron chi connectivity index (χ2n) is 6.67. The molecule has 0 spiro atoms. The lowest BCUT2D eigenvalue weighted by atomic mass is 10.1. The maximum Gasteiger partial charge on any atom is 0.257 e. The monoisotopic (exact) mass is 440 g/mol. The predicted molar refractivity (Wildman–Crippen MR) is 118 cm³/mol. The molecule has 154 valence electrons. The summed E-state index contributed by atoms with van der Waals surface area (Å²) in [6, 6.07) is 16.9. The normalized spacial score (nSPS) is 15.7. The van der Waals surface area contributed by atoms with Crippen LogP contribution in [0.4, 0.5) is 10.8 Å². The molecule has 0 radical (unpaired) electrons. The molecule has 2 N–H and O–H groups in total. The smallest absolute Gasteiger partial charge is 0.257 e. The van der Waals surface area contributed by atoms with Gasteiger partial charge in [-0.2, -0.15) is 0 Å². The molecule has 0 aliphatic carbocycles. The fourth-order valence-electron chi connectivity index (χ4n) is 2.95. The summed E-state index contributed by atoms with van der Waals surface area (Å²) in [5.74, 6) is 0.295. The van der Waals surface area contributed by atoms with Crippen molar-refractivity contribution in [3.05, 3.63) is 65.7 Å². The van der Waals surface area contributed by atoms with E-state index in [0.29, 0.717) is 29.4 Å². The molecule has 1 saturated heterocycles. The van der Waals surface area contributed by atoms with E-state index in [1.54, 1.807) is 36.0 Å². The Kier molecular flexibility index (Phi) is 6.73. The molecule has 4 rings (SSSR count). The zero-order valence-electron chi connectivity index (χ0n) is 16.0. The first-order chi connectivity index (χ1) is 14.7. The van der Waals surface area contributed by atoms with Crippen LogP contribution in [0.25, 0.3) is 0 Å². The molecule has 1 atom stereocenters. The van der Waals surface area contributed by atoms with E-state index in [4.69, 9.17) is 4.74 Å². The van der Waals surface area contributed by atoms with Crippen LogP contribution in [-0.4, -0.2) is 34.7 Å². The summed E-state index contributed by atoms with van der Waals surface area (Å²) in [4.78, 5) is 24.8. The van der Waals surface area contributed by atoms with Crippen LogP contribution in [0.2, 0.25) is 0 Å². The molecule has 2 amide bonds. The summed E-state index contributed by atoms with van der Waals surface area (Å²) in [6.45, 7) is 0.605. The van der Waals surface area contributed by atoms with Gasteiger partial charge in [-0.25, -0.2) is 0 Å². The van der Waals surface area contributed by atoms with Gasteiger partial charge in [0.15, 0.2) is 4.34 Å². The van der Waals surface area contributed by atoms with Crippen molar-refractivity contribution >= 4 is 45.7 Å². The zero-order chi connectivity index (χ0) is 20.8. The molecule has 7 nitrogen and oxygen atoms in total. The Morgan fingerprint density at radius 3 is 2.77 bits per heavy atom. The lowest BCUT2D eigenvalue weighted by Crippen LogP contribution is -2.27. The highest BCUT2D eigenvalue weighted by Gasteiger charge is 2.23. The van der Waals surface area contributed by atoms with Gasteiger partial charge in [0.1, 0.15) is 6.10 Å². The average Bonchev–Trinajstić information content (AvgIpc) is 3.46. The standard InChI is InChI=1S/C21H20N4O3S2/c26-18(15-8-4-9-16(12-15)22-19(27)17-10-5-11-28-17)23-20-24-25-21(30-20)29-13-14-6-2-1-3-7-14/h1-4,6-9,12,17H,5,10-11,13H2,(H,22,27)(H,23,24,26)/t17-/m1/s1. The molecule has 0 unspecified atom stereocenters. The predicted octanol–water partition coefficient (Wildman–Crippen LogP) is 4.20. The van der Waals surface area contributed by atoms with E-state index in [1.165, 1.54) is 16.9 Å². The summed E-state index contributed by atoms with van der Waals surface area (Å²) in [5.41, 5.74) is 2.18. The first-order valence-electron chi connectivity index (χ1n) is 9.51. The molecule has 2 aromatic carbocycles. The van der Waals surface area contributed by atoms with E-state index < -0.39 is 6.10 Å². The molecule has 1 aliphatic rings. The number of nitrogens with one attached hydrogen (secondary N) is 2. The Labute approximate surface area is 182 Å². The van der Waals surface area contributed by atoms with E-state index in [1.807, 2.05) is 18.2 Å². The molecule has 1 aliphatic heterocycles. The van der Waals surface area contributed by atoms with Gasteiger partial charge in [0.25, 0.3) is 11.8 Å². The lowest BCUT2D eigenvalue weighted by molar-refractivity contribution is -0.124. The number of rotatable bonds is 7. The highest BCUT2D eigenvalue weighted by atomic mass is 32.2. The van der Waals surface area contributed by atoms with Crippen LogP contribution in [-0.2, 0) is 15.3 Å². The van der Waals surface area contributed by atoms with Gasteiger partial charge < -0.3 is 10.1 Å². The second-order valence-corrected chi connectivity index (χ2v) is 8.87. The summed E-state index contributed by atoms with van der Waals surface area (Å²) in [7, 11) is 0. The highest BCUT2D eigenvalue weighted by Crippen LogP contribution is 2.28. The van der Waals surface area contributed by atoms with Crippen LogP contribution in [0.1, 0.15) is 28.8 Å². The molecule has 0 bridgehead atoms. The van der Waals surface area contributed by atoms with E-state index in [2.05, 4.69) is 33.0 Å². The Bertz CT molecular complexity index is 1020. The molecule has 9 heteroatoms. The van der Waals surface area contributed by atoms with Crippen LogP contribution in [0, 0.1) is 0 Å². The van der Waals surface area contributed by atoms with Crippen LogP contribution in [0.5, 0.6) is 0 Å². The Balaban J connectivity index is 1.33. The fourth-order valence-corrected chi connectivity index (χ4v) is 4.66. The third-order valence-electron chi connectivity index (χ3n) is 4.45. The second kappa shape index (κ2) is 9.84. The summed E-state index contributed by atoms with van der Waals surface area (Å²) < 4.78 is 6.17. The van der Waals surface area contributed by atoms with Crippen molar-refractivity contribution in [2.24, 2.45) is 0 Å². The molecule has 30 heavy (non-hydrogen) atoms. The maximum atomic E-state index is 12.6. The van der Waals surface area contributed by atoms with Gasteiger partial charge in [0, 0.05) is 23.6 Å². The van der Waals surface area contributed by atoms with Gasteiger partial charge in [-0.3, -0.25) is 14.9 Å². The number of amides is 2. The molecular formula is C21H20N4O3S2. The Morgan fingerprint density at radius 1 is 1.10 bits per heavy atom. The van der Waals surface area contributed by atoms with Gasteiger partial charge in [-0.05, 0) is 36.6 Å². The van der Waals surface area contributed by atoms with E-state index >= 15 is 0 Å². The van der Waals surface area contributed by atoms with Crippen LogP contribution in [0.3, 0.4) is 0 Å². The van der Waals surface area contributed by atoms with Gasteiger partial charge in [0.05, 0.1) is 0 Å².